The molecule has 0 aromatic carbocycles. The molecule has 1 heterocycles. The topological polar surface area (TPSA) is 36.5 Å². The van der Waals surface area contributed by atoms with Gasteiger partial charge in [-0.3, -0.25) is 4.90 Å². The van der Waals surface area contributed by atoms with Gasteiger partial charge in [0.2, 0.25) is 0 Å². The van der Waals surface area contributed by atoms with Crippen molar-refractivity contribution in [3.05, 3.63) is 0 Å². The molecule has 0 amide bonds. The van der Waals surface area contributed by atoms with Crippen molar-refractivity contribution in [3.63, 3.8) is 0 Å². The molecule has 2 atom stereocenters. The van der Waals surface area contributed by atoms with Crippen LogP contribution >= 0.6 is 23.8 Å². The summed E-state index contributed by atoms with van der Waals surface area (Å²) in [6.07, 6.45) is 8.92. The first-order valence-corrected chi connectivity index (χ1v) is 10.8. The van der Waals surface area contributed by atoms with Gasteiger partial charge in [-0.1, -0.05) is 0 Å². The zero-order valence-corrected chi connectivity index (χ0v) is 16.8. The first kappa shape index (κ1) is 18.3. The second-order valence-corrected chi connectivity index (χ2v) is 10.2. The molecule has 0 aromatic heterocycles. The maximum Gasteiger partial charge on any atom is 0.166 e. The molecule has 1 aliphatic heterocycles. The number of ether oxygens (including phenoxy) is 1. The Morgan fingerprint density at radius 3 is 2.52 bits per heavy atom. The van der Waals surface area contributed by atoms with Crippen molar-refractivity contribution in [2.75, 3.05) is 45.9 Å². The van der Waals surface area contributed by atoms with Gasteiger partial charge in [0.1, 0.15) is 0 Å². The van der Waals surface area contributed by atoms with Gasteiger partial charge in [0, 0.05) is 31.1 Å². The van der Waals surface area contributed by atoms with Crippen molar-refractivity contribution in [3.8, 4) is 0 Å². The number of thiocarbonyl (C=S) groups is 1. The minimum Gasteiger partial charge on any atom is -0.379 e. The van der Waals surface area contributed by atoms with Gasteiger partial charge in [-0.15, -0.1) is 11.6 Å². The van der Waals surface area contributed by atoms with E-state index >= 15 is 0 Å². The average Bonchev–Trinajstić information content (AvgIpc) is 2.56. The molecule has 5 aliphatic rings. The molecule has 5 rings (SSSR count). The maximum absolute atomic E-state index is 6.92. The summed E-state index contributed by atoms with van der Waals surface area (Å²) in [6.45, 7) is 6.95. The van der Waals surface area contributed by atoms with Crippen LogP contribution in [0.5, 0.6) is 0 Å². The van der Waals surface area contributed by atoms with Crippen LogP contribution in [0.1, 0.15) is 44.9 Å². The monoisotopic (exact) mass is 385 g/mol. The van der Waals surface area contributed by atoms with E-state index in [-0.39, 0.29) is 4.87 Å². The van der Waals surface area contributed by atoms with Crippen LogP contribution in [0.3, 0.4) is 0 Å². The standard InChI is InChI=1S/C19H32ClN3OS/c20-19-11-15-8-16(12-19)10-18(9-15,13-19)14-22-17(25)21-2-1-3-23-4-6-24-7-5-23/h15-16H,1-14H2,(H2,21,22,25)/t15-,16-,18?,19?/m0/s1. The average molecular weight is 386 g/mol. The lowest BCUT2D eigenvalue weighted by molar-refractivity contribution is -0.0365. The van der Waals surface area contributed by atoms with E-state index < -0.39 is 0 Å². The Morgan fingerprint density at radius 1 is 1.12 bits per heavy atom. The van der Waals surface area contributed by atoms with Gasteiger partial charge in [-0.2, -0.15) is 0 Å². The van der Waals surface area contributed by atoms with Gasteiger partial charge in [0.05, 0.1) is 13.2 Å². The lowest BCUT2D eigenvalue weighted by Crippen LogP contribution is -2.57. The number of nitrogens with zero attached hydrogens (tertiary/aromatic N) is 1. The van der Waals surface area contributed by atoms with E-state index in [1.165, 1.54) is 38.5 Å². The molecule has 0 spiro atoms. The van der Waals surface area contributed by atoms with Crippen LogP contribution in [-0.4, -0.2) is 60.8 Å². The van der Waals surface area contributed by atoms with Crippen LogP contribution in [0.25, 0.3) is 0 Å². The van der Waals surface area contributed by atoms with Crippen LogP contribution in [0.2, 0.25) is 0 Å². The highest BCUT2D eigenvalue weighted by Crippen LogP contribution is 2.63. The van der Waals surface area contributed by atoms with Gasteiger partial charge in [-0.25, -0.2) is 0 Å². The number of morpholine rings is 1. The van der Waals surface area contributed by atoms with E-state index in [1.54, 1.807) is 0 Å². The summed E-state index contributed by atoms with van der Waals surface area (Å²) < 4.78 is 5.39. The van der Waals surface area contributed by atoms with E-state index in [9.17, 15) is 0 Å². The van der Waals surface area contributed by atoms with Crippen molar-refractivity contribution in [1.82, 2.24) is 15.5 Å². The highest BCUT2D eigenvalue weighted by molar-refractivity contribution is 7.80. The smallest absolute Gasteiger partial charge is 0.166 e. The SMILES string of the molecule is S=C(NCCCN1CCOCC1)NCC12C[C@@H]3C[C@H](CC(Cl)(C3)C1)C2. The highest BCUT2D eigenvalue weighted by Gasteiger charge is 2.56. The van der Waals surface area contributed by atoms with E-state index in [0.29, 0.717) is 5.41 Å². The molecule has 142 valence electrons. The first-order chi connectivity index (χ1) is 12.0. The van der Waals surface area contributed by atoms with Gasteiger partial charge in [-0.05, 0) is 81.0 Å². The van der Waals surface area contributed by atoms with Gasteiger partial charge < -0.3 is 15.4 Å². The molecular formula is C19H32ClN3OS. The summed E-state index contributed by atoms with van der Waals surface area (Å²) in [4.78, 5) is 2.57. The summed E-state index contributed by atoms with van der Waals surface area (Å²) in [6, 6.07) is 0. The molecule has 6 heteroatoms. The molecule has 4 bridgehead atoms. The molecule has 0 unspecified atom stereocenters. The largest absolute Gasteiger partial charge is 0.379 e. The molecule has 5 fully saturated rings. The molecule has 0 radical (unpaired) electrons. The quantitative estimate of drug-likeness (QED) is 0.417. The third kappa shape index (κ3) is 4.42. The zero-order chi connectivity index (χ0) is 17.3. The van der Waals surface area contributed by atoms with Crippen molar-refractivity contribution < 1.29 is 4.74 Å². The van der Waals surface area contributed by atoms with Crippen LogP contribution in [-0.2, 0) is 4.74 Å². The molecule has 4 saturated carbocycles. The minimum atomic E-state index is 0.0962. The fraction of sp³-hybridized carbons (Fsp3) is 0.947. The van der Waals surface area contributed by atoms with E-state index in [0.717, 1.165) is 69.3 Å². The number of hydrogen-bond acceptors (Lipinski definition) is 3. The number of halogens is 1. The molecule has 2 N–H and O–H groups in total. The lowest BCUT2D eigenvalue weighted by atomic mass is 9.49. The third-order valence-electron chi connectivity index (χ3n) is 6.78. The number of hydrogen-bond donors (Lipinski definition) is 2. The molecule has 1 saturated heterocycles. The Hall–Kier alpha value is -0.100. The normalized spacial score (nSPS) is 40.2. The van der Waals surface area contributed by atoms with Crippen molar-refractivity contribution in [2.24, 2.45) is 17.3 Å². The Labute approximate surface area is 162 Å². The predicted octanol–water partition coefficient (Wildman–Crippen LogP) is 2.75. The van der Waals surface area contributed by atoms with Crippen LogP contribution in [0.4, 0.5) is 0 Å². The van der Waals surface area contributed by atoms with E-state index in [4.69, 9.17) is 28.6 Å². The molecule has 0 aromatic rings. The summed E-state index contributed by atoms with van der Waals surface area (Å²) in [5.74, 6) is 1.71. The van der Waals surface area contributed by atoms with Crippen LogP contribution in [0, 0.1) is 17.3 Å². The Balaban J connectivity index is 1.16. The fourth-order valence-corrected chi connectivity index (χ4v) is 7.10. The summed E-state index contributed by atoms with van der Waals surface area (Å²) >= 11 is 12.4. The molecule has 4 nitrogen and oxygen atoms in total. The summed E-state index contributed by atoms with van der Waals surface area (Å²) in [5, 5.41) is 7.74. The van der Waals surface area contributed by atoms with E-state index in [1.807, 2.05) is 0 Å². The van der Waals surface area contributed by atoms with Crippen molar-refractivity contribution in [2.45, 2.75) is 49.8 Å². The Bertz CT molecular complexity index is 483. The second-order valence-electron chi connectivity index (χ2n) is 9.03. The maximum atomic E-state index is 6.92. The van der Waals surface area contributed by atoms with Crippen molar-refractivity contribution in [1.29, 1.82) is 0 Å². The van der Waals surface area contributed by atoms with E-state index in [2.05, 4.69) is 15.5 Å². The van der Waals surface area contributed by atoms with Gasteiger partial charge in [0.15, 0.2) is 5.11 Å². The highest BCUT2D eigenvalue weighted by atomic mass is 35.5. The predicted molar refractivity (Wildman–Crippen MR) is 106 cm³/mol. The Morgan fingerprint density at radius 2 is 1.84 bits per heavy atom. The Kier molecular flexibility index (Phi) is 5.48. The van der Waals surface area contributed by atoms with Crippen LogP contribution < -0.4 is 10.6 Å². The molecular weight excluding hydrogens is 354 g/mol. The number of alkyl halides is 1. The number of rotatable bonds is 6. The third-order valence-corrected chi connectivity index (χ3v) is 7.51. The number of nitrogens with one attached hydrogen (secondary N) is 2. The molecule has 4 aliphatic carbocycles. The van der Waals surface area contributed by atoms with Crippen LogP contribution in [0.15, 0.2) is 0 Å². The summed E-state index contributed by atoms with van der Waals surface area (Å²) in [7, 11) is 0. The van der Waals surface area contributed by atoms with Crippen molar-refractivity contribution >= 4 is 28.9 Å². The summed E-state index contributed by atoms with van der Waals surface area (Å²) in [5.41, 5.74) is 0.394. The second kappa shape index (κ2) is 7.49. The molecule has 25 heavy (non-hydrogen) atoms. The minimum absolute atomic E-state index is 0.0962. The fourth-order valence-electron chi connectivity index (χ4n) is 6.20. The lowest BCUT2D eigenvalue weighted by Gasteiger charge is -2.60. The zero-order valence-electron chi connectivity index (χ0n) is 15.2. The van der Waals surface area contributed by atoms with Gasteiger partial charge in [0.25, 0.3) is 0 Å². The van der Waals surface area contributed by atoms with Gasteiger partial charge >= 0.3 is 0 Å². The first-order valence-electron chi connectivity index (χ1n) is 10.1.